The Morgan fingerprint density at radius 2 is 0.564 bits per heavy atom. The highest BCUT2D eigenvalue weighted by atomic mass is 14.1. The zero-order chi connectivity index (χ0) is 28.1. The summed E-state index contributed by atoms with van der Waals surface area (Å²) in [6.45, 7) is 8.89. The van der Waals surface area contributed by atoms with Crippen molar-refractivity contribution >= 4 is 0 Å². The first-order chi connectivity index (χ1) is 19.3. The van der Waals surface area contributed by atoms with E-state index < -0.39 is 0 Å². The van der Waals surface area contributed by atoms with Gasteiger partial charge in [0.05, 0.1) is 0 Å². The molecule has 0 aliphatic heterocycles. The van der Waals surface area contributed by atoms with Crippen molar-refractivity contribution in [2.75, 3.05) is 0 Å². The zero-order valence-corrected chi connectivity index (χ0v) is 27.2. The van der Waals surface area contributed by atoms with Gasteiger partial charge in [-0.05, 0) is 49.3 Å². The molecule has 1 radical (unpaired) electrons. The molecule has 0 saturated carbocycles. The Morgan fingerprint density at radius 1 is 0.333 bits per heavy atom. The molecule has 0 saturated heterocycles. The van der Waals surface area contributed by atoms with Crippen molar-refractivity contribution in [2.45, 2.75) is 206 Å². The minimum absolute atomic E-state index is 1.22. The van der Waals surface area contributed by atoms with Crippen molar-refractivity contribution in [1.29, 1.82) is 0 Å². The van der Waals surface area contributed by atoms with E-state index in [1.54, 1.807) is 0 Å². The van der Waals surface area contributed by atoms with Gasteiger partial charge in [0.15, 0.2) is 0 Å². The van der Waals surface area contributed by atoms with Gasteiger partial charge in [0.2, 0.25) is 0 Å². The van der Waals surface area contributed by atoms with Gasteiger partial charge in [0.25, 0.3) is 0 Å². The molecule has 1 aromatic rings. The van der Waals surface area contributed by atoms with Crippen LogP contribution < -0.4 is 0 Å². The van der Waals surface area contributed by atoms with Crippen LogP contribution in [0.15, 0.2) is 18.2 Å². The van der Waals surface area contributed by atoms with Crippen molar-refractivity contribution < 1.29 is 0 Å². The van der Waals surface area contributed by atoms with E-state index >= 15 is 0 Å². The summed E-state index contributed by atoms with van der Waals surface area (Å²) in [5.74, 6) is 0. The van der Waals surface area contributed by atoms with E-state index in [1.165, 1.54) is 209 Å². The number of hydrogen-bond donors (Lipinski definition) is 0. The van der Waals surface area contributed by atoms with Crippen LogP contribution in [0.1, 0.15) is 210 Å². The van der Waals surface area contributed by atoms with Crippen molar-refractivity contribution in [3.63, 3.8) is 0 Å². The van der Waals surface area contributed by atoms with Gasteiger partial charge in [0, 0.05) is 0 Å². The molecular weight excluding hydrogens is 468 g/mol. The fourth-order valence-corrected chi connectivity index (χ4v) is 6.18. The summed E-state index contributed by atoms with van der Waals surface area (Å²) in [6, 6.07) is 7.15. The fraction of sp³-hybridized carbons (Fsp3) is 0.821. The molecule has 0 heteroatoms. The number of unbranched alkanes of at least 4 members (excludes halogenated alkanes) is 26. The second-order valence-corrected chi connectivity index (χ2v) is 12.9. The quantitative estimate of drug-likeness (QED) is 0.0853. The summed E-state index contributed by atoms with van der Waals surface area (Å²) in [4.78, 5) is 0. The van der Waals surface area contributed by atoms with Crippen LogP contribution in [0.2, 0.25) is 0 Å². The average Bonchev–Trinajstić information content (AvgIpc) is 2.93. The summed E-state index contributed by atoms with van der Waals surface area (Å²) in [7, 11) is 0. The first-order valence-corrected chi connectivity index (χ1v) is 18.2. The van der Waals surface area contributed by atoms with E-state index in [0.29, 0.717) is 0 Å². The van der Waals surface area contributed by atoms with E-state index in [4.69, 9.17) is 0 Å². The molecule has 0 nitrogen and oxygen atoms in total. The summed E-state index contributed by atoms with van der Waals surface area (Å²) >= 11 is 0. The topological polar surface area (TPSA) is 0 Å². The SMILES string of the molecule is [CH2]c1cc(CCCCCCCCCCCCCCCC)cc(CCCCCCCCCCCCCCCC)c1. The third-order valence-electron chi connectivity index (χ3n) is 8.75. The molecule has 0 heterocycles. The average molecular weight is 540 g/mol. The molecule has 0 amide bonds. The molecule has 0 unspecified atom stereocenters. The second-order valence-electron chi connectivity index (χ2n) is 12.9. The highest BCUT2D eigenvalue weighted by Crippen LogP contribution is 2.18. The third kappa shape index (κ3) is 24.7. The molecule has 0 N–H and O–H groups in total. The molecular formula is C39H71. The zero-order valence-electron chi connectivity index (χ0n) is 27.2. The van der Waals surface area contributed by atoms with Gasteiger partial charge in [-0.15, -0.1) is 0 Å². The lowest BCUT2D eigenvalue weighted by Crippen LogP contribution is -1.93. The van der Waals surface area contributed by atoms with Crippen LogP contribution in [0, 0.1) is 6.92 Å². The van der Waals surface area contributed by atoms with Gasteiger partial charge in [-0.25, -0.2) is 0 Å². The van der Waals surface area contributed by atoms with Crippen molar-refractivity contribution in [3.8, 4) is 0 Å². The molecule has 0 spiro atoms. The summed E-state index contributed by atoms with van der Waals surface area (Å²) in [5.41, 5.74) is 4.28. The van der Waals surface area contributed by atoms with Crippen molar-refractivity contribution in [3.05, 3.63) is 41.8 Å². The maximum absolute atomic E-state index is 4.28. The predicted octanol–water partition coefficient (Wildman–Crippen LogP) is 13.9. The maximum Gasteiger partial charge on any atom is -0.0238 e. The largest absolute Gasteiger partial charge is 0.0654 e. The third-order valence-corrected chi connectivity index (χ3v) is 8.75. The molecule has 0 aliphatic rings. The Labute approximate surface area is 247 Å². The van der Waals surface area contributed by atoms with Crippen LogP contribution in [0.4, 0.5) is 0 Å². The van der Waals surface area contributed by atoms with E-state index in [0.717, 1.165) is 0 Å². The minimum Gasteiger partial charge on any atom is -0.0654 e. The summed E-state index contributed by atoms with van der Waals surface area (Å²) in [6.07, 6.45) is 42.7. The molecule has 1 aromatic carbocycles. The molecule has 0 aliphatic carbocycles. The van der Waals surface area contributed by atoms with E-state index in [2.05, 4.69) is 39.0 Å². The Balaban J connectivity index is 1.95. The number of benzene rings is 1. The monoisotopic (exact) mass is 540 g/mol. The molecule has 1 rings (SSSR count). The van der Waals surface area contributed by atoms with E-state index in [-0.39, 0.29) is 0 Å². The van der Waals surface area contributed by atoms with Crippen LogP contribution >= 0.6 is 0 Å². The number of aryl methyl sites for hydroxylation is 2. The number of hydrogen-bond acceptors (Lipinski definition) is 0. The lowest BCUT2D eigenvalue weighted by Gasteiger charge is -2.09. The Hall–Kier alpha value is -0.780. The Morgan fingerprint density at radius 3 is 0.821 bits per heavy atom. The van der Waals surface area contributed by atoms with Crippen LogP contribution in [0.3, 0.4) is 0 Å². The lowest BCUT2D eigenvalue weighted by molar-refractivity contribution is 0.535. The molecule has 0 aromatic heterocycles. The summed E-state index contributed by atoms with van der Waals surface area (Å²) < 4.78 is 0. The van der Waals surface area contributed by atoms with Gasteiger partial charge in [-0.3, -0.25) is 0 Å². The van der Waals surface area contributed by atoms with Gasteiger partial charge in [-0.2, -0.15) is 0 Å². The number of rotatable bonds is 30. The van der Waals surface area contributed by atoms with Crippen LogP contribution in [0.5, 0.6) is 0 Å². The molecule has 0 fully saturated rings. The molecule has 0 bridgehead atoms. The molecule has 39 heavy (non-hydrogen) atoms. The Kier molecular flexibility index (Phi) is 26.7. The smallest absolute Gasteiger partial charge is 0.0238 e. The van der Waals surface area contributed by atoms with Gasteiger partial charge >= 0.3 is 0 Å². The second kappa shape index (κ2) is 28.7. The molecule has 227 valence electrons. The fourth-order valence-electron chi connectivity index (χ4n) is 6.18. The van der Waals surface area contributed by atoms with Crippen LogP contribution in [-0.2, 0) is 12.8 Å². The van der Waals surface area contributed by atoms with Crippen molar-refractivity contribution in [2.24, 2.45) is 0 Å². The standard InChI is InChI=1S/C39H71/c1-4-6-8-10-12-14-16-18-20-22-24-26-28-30-32-38-34-37(3)35-39(36-38)33-31-29-27-25-23-21-19-17-15-13-11-9-7-5-2/h34-36H,3-33H2,1-2H3. The lowest BCUT2D eigenvalue weighted by atomic mass is 9.97. The maximum atomic E-state index is 4.28. The molecule has 0 atom stereocenters. The van der Waals surface area contributed by atoms with E-state index in [1.807, 2.05) is 0 Å². The van der Waals surface area contributed by atoms with Gasteiger partial charge in [-0.1, -0.05) is 199 Å². The van der Waals surface area contributed by atoms with Crippen molar-refractivity contribution in [1.82, 2.24) is 0 Å². The summed E-state index contributed by atoms with van der Waals surface area (Å²) in [5, 5.41) is 0. The highest BCUT2D eigenvalue weighted by Gasteiger charge is 2.01. The first kappa shape index (κ1) is 36.2. The Bertz CT molecular complexity index is 564. The minimum atomic E-state index is 1.22. The van der Waals surface area contributed by atoms with Crippen LogP contribution in [0.25, 0.3) is 0 Å². The highest BCUT2D eigenvalue weighted by molar-refractivity contribution is 5.32. The predicted molar refractivity (Wildman–Crippen MR) is 179 cm³/mol. The van der Waals surface area contributed by atoms with Gasteiger partial charge in [0.1, 0.15) is 0 Å². The first-order valence-electron chi connectivity index (χ1n) is 18.2. The van der Waals surface area contributed by atoms with E-state index in [9.17, 15) is 0 Å². The normalized spacial score (nSPS) is 11.5. The van der Waals surface area contributed by atoms with Crippen LogP contribution in [-0.4, -0.2) is 0 Å². The van der Waals surface area contributed by atoms with Gasteiger partial charge < -0.3 is 0 Å².